The molecule has 2 aromatic carbocycles. The maximum absolute atomic E-state index is 12.5. The van der Waals surface area contributed by atoms with Gasteiger partial charge < -0.3 is 10.1 Å². The Hall–Kier alpha value is -1.94. The van der Waals surface area contributed by atoms with Gasteiger partial charge in [0.1, 0.15) is 11.4 Å². The first kappa shape index (κ1) is 18.8. The Balaban J connectivity index is 1.62. The Morgan fingerprint density at radius 2 is 2.00 bits per heavy atom. The van der Waals surface area contributed by atoms with Crippen molar-refractivity contribution in [2.75, 3.05) is 5.75 Å². The lowest BCUT2D eigenvalue weighted by Crippen LogP contribution is -2.41. The molecule has 3 nitrogen and oxygen atoms in total. The van der Waals surface area contributed by atoms with Crippen LogP contribution in [0.15, 0.2) is 42.5 Å². The summed E-state index contributed by atoms with van der Waals surface area (Å²) >= 11 is 1.66. The van der Waals surface area contributed by atoms with Crippen LogP contribution >= 0.6 is 11.8 Å². The molecule has 1 amide bonds. The average Bonchev–Trinajstić information content (AvgIpc) is 2.56. The van der Waals surface area contributed by atoms with Crippen molar-refractivity contribution in [2.24, 2.45) is 0 Å². The number of aryl methyl sites for hydroxylation is 2. The Morgan fingerprint density at radius 3 is 2.77 bits per heavy atom. The van der Waals surface area contributed by atoms with Gasteiger partial charge in [-0.2, -0.15) is 0 Å². The highest BCUT2D eigenvalue weighted by molar-refractivity contribution is 7.99. The number of hydrogen-bond acceptors (Lipinski definition) is 3. The minimum Gasteiger partial charge on any atom is -0.487 e. The van der Waals surface area contributed by atoms with E-state index in [1.807, 2.05) is 18.2 Å². The highest BCUT2D eigenvalue weighted by Gasteiger charge is 2.34. The van der Waals surface area contributed by atoms with E-state index >= 15 is 0 Å². The molecule has 1 N–H and O–H groups in total. The molecule has 0 radical (unpaired) electrons. The fourth-order valence-electron chi connectivity index (χ4n) is 3.36. The predicted octanol–water partition coefficient (Wildman–Crippen LogP) is 4.96. The number of amides is 1. The molecule has 0 bridgehead atoms. The predicted molar refractivity (Wildman–Crippen MR) is 109 cm³/mol. The van der Waals surface area contributed by atoms with Crippen LogP contribution < -0.4 is 10.1 Å². The summed E-state index contributed by atoms with van der Waals surface area (Å²) in [5, 5.41) is 3.22. The molecule has 1 aliphatic heterocycles. The van der Waals surface area contributed by atoms with Crippen molar-refractivity contribution < 1.29 is 9.53 Å². The third-order valence-electron chi connectivity index (χ3n) is 4.71. The fourth-order valence-corrected chi connectivity index (χ4v) is 4.28. The number of benzene rings is 2. The molecule has 138 valence electrons. The molecule has 1 atom stereocenters. The summed E-state index contributed by atoms with van der Waals surface area (Å²) in [4.78, 5) is 12.5. The standard InChI is InChI=1S/C22H27NO2S/c1-15-9-10-20-18(11-15)19(12-22(3,4)25-20)23-21(24)14-26-13-17-8-6-5-7-16(17)2/h5-11,19H,12-14H2,1-4H3,(H,23,24)/t19-/m1/s1. The maximum atomic E-state index is 12.5. The van der Waals surface area contributed by atoms with Gasteiger partial charge in [-0.3, -0.25) is 4.79 Å². The zero-order valence-electron chi connectivity index (χ0n) is 16.0. The highest BCUT2D eigenvalue weighted by Crippen LogP contribution is 2.39. The second-order valence-corrected chi connectivity index (χ2v) is 8.63. The quantitative estimate of drug-likeness (QED) is 0.810. The summed E-state index contributed by atoms with van der Waals surface area (Å²) in [6, 6.07) is 14.5. The molecule has 26 heavy (non-hydrogen) atoms. The number of rotatable bonds is 5. The van der Waals surface area contributed by atoms with Crippen LogP contribution in [0, 0.1) is 13.8 Å². The molecular formula is C22H27NO2S. The lowest BCUT2D eigenvalue weighted by atomic mass is 9.89. The number of nitrogens with one attached hydrogen (secondary N) is 1. The summed E-state index contributed by atoms with van der Waals surface area (Å²) in [6.07, 6.45) is 0.775. The molecule has 3 rings (SSSR count). The lowest BCUT2D eigenvalue weighted by Gasteiger charge is -2.38. The van der Waals surface area contributed by atoms with E-state index in [0.29, 0.717) is 5.75 Å². The topological polar surface area (TPSA) is 38.3 Å². The first-order valence-electron chi connectivity index (χ1n) is 9.05. The molecular weight excluding hydrogens is 342 g/mol. The number of carbonyl (C=O) groups is 1. The second kappa shape index (κ2) is 7.75. The zero-order valence-corrected chi connectivity index (χ0v) is 16.8. The van der Waals surface area contributed by atoms with Gasteiger partial charge in [-0.15, -0.1) is 11.8 Å². The zero-order chi connectivity index (χ0) is 18.7. The molecule has 2 aromatic rings. The third-order valence-corrected chi connectivity index (χ3v) is 5.69. The minimum atomic E-state index is -0.283. The Bertz CT molecular complexity index is 800. The van der Waals surface area contributed by atoms with Crippen molar-refractivity contribution in [1.82, 2.24) is 5.32 Å². The van der Waals surface area contributed by atoms with Crippen molar-refractivity contribution in [2.45, 2.75) is 51.5 Å². The summed E-state index contributed by atoms with van der Waals surface area (Å²) < 4.78 is 6.08. The molecule has 0 aromatic heterocycles. The van der Waals surface area contributed by atoms with E-state index in [1.165, 1.54) is 16.7 Å². The van der Waals surface area contributed by atoms with E-state index < -0.39 is 0 Å². The molecule has 0 unspecified atom stereocenters. The summed E-state index contributed by atoms with van der Waals surface area (Å²) in [6.45, 7) is 8.32. The van der Waals surface area contributed by atoms with E-state index in [-0.39, 0.29) is 17.6 Å². The van der Waals surface area contributed by atoms with E-state index in [1.54, 1.807) is 11.8 Å². The van der Waals surface area contributed by atoms with Crippen LogP contribution in [0.4, 0.5) is 0 Å². The van der Waals surface area contributed by atoms with Gasteiger partial charge in [0.15, 0.2) is 0 Å². The molecule has 0 saturated heterocycles. The SMILES string of the molecule is Cc1ccc2c(c1)[C@H](NC(=O)CSCc1ccccc1C)CC(C)(C)O2. The van der Waals surface area contributed by atoms with Crippen LogP contribution in [-0.4, -0.2) is 17.3 Å². The molecule has 0 fully saturated rings. The summed E-state index contributed by atoms with van der Waals surface area (Å²) in [5.41, 5.74) is 4.55. The first-order valence-corrected chi connectivity index (χ1v) is 10.2. The van der Waals surface area contributed by atoms with Crippen LogP contribution in [0.5, 0.6) is 5.75 Å². The van der Waals surface area contributed by atoms with Gasteiger partial charge in [0.05, 0.1) is 11.8 Å². The molecule has 1 aliphatic rings. The average molecular weight is 370 g/mol. The molecule has 4 heteroatoms. The van der Waals surface area contributed by atoms with E-state index in [4.69, 9.17) is 4.74 Å². The smallest absolute Gasteiger partial charge is 0.230 e. The van der Waals surface area contributed by atoms with Crippen molar-refractivity contribution >= 4 is 17.7 Å². The Kier molecular flexibility index (Phi) is 5.61. The normalized spacial score (nSPS) is 17.9. The summed E-state index contributed by atoms with van der Waals surface area (Å²) in [5.74, 6) is 2.28. The second-order valence-electron chi connectivity index (χ2n) is 7.65. The largest absolute Gasteiger partial charge is 0.487 e. The fraction of sp³-hybridized carbons (Fsp3) is 0.409. The van der Waals surface area contributed by atoms with Crippen molar-refractivity contribution in [3.8, 4) is 5.75 Å². The Labute approximate surface area is 160 Å². The number of ether oxygens (including phenoxy) is 1. The van der Waals surface area contributed by atoms with Gasteiger partial charge in [-0.1, -0.05) is 42.0 Å². The number of fused-ring (bicyclic) bond motifs is 1. The van der Waals surface area contributed by atoms with Crippen LogP contribution in [0.3, 0.4) is 0 Å². The van der Waals surface area contributed by atoms with Gasteiger partial charge in [-0.25, -0.2) is 0 Å². The third kappa shape index (κ3) is 4.61. The molecule has 1 heterocycles. The highest BCUT2D eigenvalue weighted by atomic mass is 32.2. The van der Waals surface area contributed by atoms with Gasteiger partial charge in [0.2, 0.25) is 5.91 Å². The van der Waals surface area contributed by atoms with Gasteiger partial charge in [0.25, 0.3) is 0 Å². The number of hydrogen-bond donors (Lipinski definition) is 1. The van der Waals surface area contributed by atoms with Crippen LogP contribution in [0.1, 0.15) is 48.6 Å². The van der Waals surface area contributed by atoms with Crippen molar-refractivity contribution in [1.29, 1.82) is 0 Å². The summed E-state index contributed by atoms with van der Waals surface area (Å²) in [7, 11) is 0. The van der Waals surface area contributed by atoms with Gasteiger partial charge >= 0.3 is 0 Å². The first-order chi connectivity index (χ1) is 12.3. The van der Waals surface area contributed by atoms with E-state index in [0.717, 1.165) is 23.5 Å². The maximum Gasteiger partial charge on any atom is 0.230 e. The molecule has 0 saturated carbocycles. The van der Waals surface area contributed by atoms with Crippen LogP contribution in [-0.2, 0) is 10.5 Å². The monoisotopic (exact) mass is 369 g/mol. The number of carbonyl (C=O) groups excluding carboxylic acids is 1. The van der Waals surface area contributed by atoms with Gasteiger partial charge in [0, 0.05) is 17.7 Å². The van der Waals surface area contributed by atoms with Crippen molar-refractivity contribution in [3.05, 3.63) is 64.7 Å². The van der Waals surface area contributed by atoms with Crippen molar-refractivity contribution in [3.63, 3.8) is 0 Å². The minimum absolute atomic E-state index is 0.000196. The molecule has 0 spiro atoms. The van der Waals surface area contributed by atoms with E-state index in [2.05, 4.69) is 57.3 Å². The van der Waals surface area contributed by atoms with E-state index in [9.17, 15) is 4.79 Å². The van der Waals surface area contributed by atoms with Crippen LogP contribution in [0.2, 0.25) is 0 Å². The molecule has 0 aliphatic carbocycles. The Morgan fingerprint density at radius 1 is 1.23 bits per heavy atom. The van der Waals surface area contributed by atoms with Gasteiger partial charge in [-0.05, 0) is 44.9 Å². The lowest BCUT2D eigenvalue weighted by molar-refractivity contribution is -0.119. The number of thioether (sulfide) groups is 1. The van der Waals surface area contributed by atoms with Crippen LogP contribution in [0.25, 0.3) is 0 Å².